The van der Waals surface area contributed by atoms with E-state index in [-0.39, 0.29) is 36.8 Å². The summed E-state index contributed by atoms with van der Waals surface area (Å²) in [5.74, 6) is -0.755. The summed E-state index contributed by atoms with van der Waals surface area (Å²) in [6.07, 6.45) is 0. The van der Waals surface area contributed by atoms with Crippen molar-refractivity contribution in [3.63, 3.8) is 0 Å². The summed E-state index contributed by atoms with van der Waals surface area (Å²) >= 11 is 0. The molecule has 1 aromatic carbocycles. The quantitative estimate of drug-likeness (QED) is 0.785. The highest BCUT2D eigenvalue weighted by Crippen LogP contribution is 2.05. The van der Waals surface area contributed by atoms with Gasteiger partial charge < -0.3 is 10.6 Å². The zero-order chi connectivity index (χ0) is 15.8. The molecule has 0 saturated heterocycles. The van der Waals surface area contributed by atoms with Crippen LogP contribution in [0.15, 0.2) is 24.3 Å². The predicted octanol–water partition coefficient (Wildman–Crippen LogP) is 0.898. The minimum atomic E-state index is -0.296. The molecule has 5 nitrogen and oxygen atoms in total. The minimum Gasteiger partial charge on any atom is -0.352 e. The molecule has 0 aliphatic rings. The molecule has 2 amide bonds. The average Bonchev–Trinajstić information content (AvgIpc) is 2.35. The normalized spacial score (nSPS) is 10.8. The second kappa shape index (κ2) is 8.36. The molecule has 0 aliphatic heterocycles. The summed E-state index contributed by atoms with van der Waals surface area (Å²) in [5, 5.41) is 5.24. The van der Waals surface area contributed by atoms with Crippen LogP contribution in [0.25, 0.3) is 0 Å². The molecule has 1 aromatic rings. The summed E-state index contributed by atoms with van der Waals surface area (Å²) in [6, 6.07) is 6.29. The van der Waals surface area contributed by atoms with Gasteiger partial charge in [0.15, 0.2) is 0 Å². The van der Waals surface area contributed by atoms with Gasteiger partial charge in [-0.3, -0.25) is 14.5 Å². The highest BCUT2D eigenvalue weighted by molar-refractivity contribution is 5.85. The molecule has 0 aromatic heterocycles. The van der Waals surface area contributed by atoms with Gasteiger partial charge in [0.2, 0.25) is 11.8 Å². The maximum atomic E-state index is 13.1. The van der Waals surface area contributed by atoms with E-state index in [2.05, 4.69) is 10.6 Å². The highest BCUT2D eigenvalue weighted by Gasteiger charge is 2.09. The van der Waals surface area contributed by atoms with E-state index < -0.39 is 0 Å². The third-order valence-electron chi connectivity index (χ3n) is 2.65. The van der Waals surface area contributed by atoms with E-state index in [1.165, 1.54) is 12.1 Å². The Bertz CT molecular complexity index is 492. The molecule has 21 heavy (non-hydrogen) atoms. The Morgan fingerprint density at radius 2 is 2.00 bits per heavy atom. The van der Waals surface area contributed by atoms with Crippen LogP contribution in [0.5, 0.6) is 0 Å². The molecule has 2 N–H and O–H groups in total. The molecule has 0 aliphatic carbocycles. The highest BCUT2D eigenvalue weighted by atomic mass is 19.1. The number of hydrogen-bond acceptors (Lipinski definition) is 3. The number of nitrogens with one attached hydrogen (secondary N) is 2. The van der Waals surface area contributed by atoms with Crippen LogP contribution in [0.1, 0.15) is 19.4 Å². The molecule has 0 saturated carbocycles. The first-order chi connectivity index (χ1) is 9.86. The zero-order valence-corrected chi connectivity index (χ0v) is 12.6. The van der Waals surface area contributed by atoms with Crippen molar-refractivity contribution < 1.29 is 14.0 Å². The van der Waals surface area contributed by atoms with Crippen molar-refractivity contribution in [3.05, 3.63) is 35.6 Å². The molecule has 6 heteroatoms. The van der Waals surface area contributed by atoms with Gasteiger partial charge in [0.05, 0.1) is 13.1 Å². The smallest absolute Gasteiger partial charge is 0.239 e. The van der Waals surface area contributed by atoms with Gasteiger partial charge in [-0.15, -0.1) is 0 Å². The molecule has 1 rings (SSSR count). The average molecular weight is 295 g/mol. The van der Waals surface area contributed by atoms with Gasteiger partial charge in [-0.2, -0.15) is 0 Å². The third-order valence-corrected chi connectivity index (χ3v) is 2.65. The van der Waals surface area contributed by atoms with E-state index >= 15 is 0 Å². The Kier molecular flexibility index (Phi) is 6.81. The third kappa shape index (κ3) is 7.41. The van der Waals surface area contributed by atoms with Gasteiger partial charge in [0, 0.05) is 12.6 Å². The van der Waals surface area contributed by atoms with Crippen LogP contribution in [0.4, 0.5) is 4.39 Å². The lowest BCUT2D eigenvalue weighted by atomic mass is 10.2. The first kappa shape index (κ1) is 17.1. The number of carbonyl (C=O) groups is 2. The summed E-state index contributed by atoms with van der Waals surface area (Å²) in [6.45, 7) is 4.28. The Hall–Kier alpha value is -1.95. The largest absolute Gasteiger partial charge is 0.352 e. The van der Waals surface area contributed by atoms with Crippen molar-refractivity contribution in [3.8, 4) is 0 Å². The van der Waals surface area contributed by atoms with Crippen LogP contribution < -0.4 is 10.6 Å². The van der Waals surface area contributed by atoms with Crippen molar-refractivity contribution >= 4 is 11.8 Å². The van der Waals surface area contributed by atoms with Gasteiger partial charge >= 0.3 is 0 Å². The van der Waals surface area contributed by atoms with E-state index in [1.807, 2.05) is 13.8 Å². The molecule has 0 heterocycles. The van der Waals surface area contributed by atoms with Gasteiger partial charge in [-0.25, -0.2) is 4.39 Å². The summed E-state index contributed by atoms with van der Waals surface area (Å²) in [7, 11) is 1.76. The summed E-state index contributed by atoms with van der Waals surface area (Å²) < 4.78 is 13.1. The van der Waals surface area contributed by atoms with Gasteiger partial charge in [0.25, 0.3) is 0 Å². The van der Waals surface area contributed by atoms with Gasteiger partial charge in [-0.1, -0.05) is 12.1 Å². The molecule has 0 radical (unpaired) electrons. The van der Waals surface area contributed by atoms with Crippen LogP contribution >= 0.6 is 0 Å². The maximum Gasteiger partial charge on any atom is 0.239 e. The Morgan fingerprint density at radius 1 is 1.29 bits per heavy atom. The number of amides is 2. The van der Waals surface area contributed by atoms with E-state index in [9.17, 15) is 14.0 Å². The number of carbonyl (C=O) groups excluding carboxylic acids is 2. The van der Waals surface area contributed by atoms with Crippen molar-refractivity contribution in [2.75, 3.05) is 20.1 Å². The van der Waals surface area contributed by atoms with Crippen LogP contribution in [0.3, 0.4) is 0 Å². The monoisotopic (exact) mass is 295 g/mol. The van der Waals surface area contributed by atoms with Crippen LogP contribution in [0.2, 0.25) is 0 Å². The molecule has 0 spiro atoms. The molecule has 0 bridgehead atoms. The number of halogens is 1. The molecule has 0 fully saturated rings. The topological polar surface area (TPSA) is 61.4 Å². The Morgan fingerprint density at radius 3 is 2.62 bits per heavy atom. The van der Waals surface area contributed by atoms with Crippen LogP contribution in [0, 0.1) is 5.82 Å². The maximum absolute atomic E-state index is 13.1. The fourth-order valence-electron chi connectivity index (χ4n) is 1.86. The standard InChI is InChI=1S/C15H22FN3O2/c1-11(2)18-14(20)8-17-15(21)10-19(3)9-12-5-4-6-13(16)7-12/h4-7,11H,8-10H2,1-3H3,(H,17,21)(H,18,20). The molecular weight excluding hydrogens is 273 g/mol. The SMILES string of the molecule is CC(C)NC(=O)CNC(=O)CN(C)Cc1cccc(F)c1. The lowest BCUT2D eigenvalue weighted by molar-refractivity contribution is -0.126. The van der Waals surface area contributed by atoms with Crippen molar-refractivity contribution in [1.82, 2.24) is 15.5 Å². The minimum absolute atomic E-state index is 0.0369. The van der Waals surface area contributed by atoms with E-state index in [4.69, 9.17) is 0 Å². The number of nitrogens with zero attached hydrogens (tertiary/aromatic N) is 1. The van der Waals surface area contributed by atoms with E-state index in [1.54, 1.807) is 24.1 Å². The van der Waals surface area contributed by atoms with E-state index in [0.29, 0.717) is 6.54 Å². The molecular formula is C15H22FN3O2. The number of likely N-dealkylation sites (N-methyl/N-ethyl adjacent to an activating group) is 1. The summed E-state index contributed by atoms with van der Waals surface area (Å²) in [4.78, 5) is 24.8. The van der Waals surface area contributed by atoms with E-state index in [0.717, 1.165) is 5.56 Å². The van der Waals surface area contributed by atoms with Crippen molar-refractivity contribution in [2.24, 2.45) is 0 Å². The predicted molar refractivity (Wildman–Crippen MR) is 79.0 cm³/mol. The van der Waals surface area contributed by atoms with Crippen LogP contribution in [-0.4, -0.2) is 42.9 Å². The van der Waals surface area contributed by atoms with Crippen molar-refractivity contribution in [1.29, 1.82) is 0 Å². The first-order valence-corrected chi connectivity index (χ1v) is 6.86. The lowest BCUT2D eigenvalue weighted by Gasteiger charge is -2.16. The molecule has 0 unspecified atom stereocenters. The molecule has 116 valence electrons. The second-order valence-electron chi connectivity index (χ2n) is 5.30. The van der Waals surface area contributed by atoms with Crippen LogP contribution in [-0.2, 0) is 16.1 Å². The summed E-state index contributed by atoms with van der Waals surface area (Å²) in [5.41, 5.74) is 0.794. The Balaban J connectivity index is 2.32. The number of benzene rings is 1. The van der Waals surface area contributed by atoms with Gasteiger partial charge in [0.1, 0.15) is 5.82 Å². The van der Waals surface area contributed by atoms with Gasteiger partial charge in [-0.05, 0) is 38.6 Å². The molecule has 0 atom stereocenters. The lowest BCUT2D eigenvalue weighted by Crippen LogP contribution is -2.42. The fourth-order valence-corrected chi connectivity index (χ4v) is 1.86. The first-order valence-electron chi connectivity index (χ1n) is 6.86. The van der Waals surface area contributed by atoms with Crippen molar-refractivity contribution in [2.45, 2.75) is 26.4 Å². The Labute approximate surface area is 124 Å². The zero-order valence-electron chi connectivity index (χ0n) is 12.6. The second-order valence-corrected chi connectivity index (χ2v) is 5.30. The number of rotatable bonds is 7. The number of hydrogen-bond donors (Lipinski definition) is 2. The fraction of sp³-hybridized carbons (Fsp3) is 0.467.